The molecule has 0 saturated carbocycles. The van der Waals surface area contributed by atoms with E-state index >= 15 is 0 Å². The summed E-state index contributed by atoms with van der Waals surface area (Å²) >= 11 is 0. The number of para-hydroxylation sites is 3. The molecule has 0 spiro atoms. The van der Waals surface area contributed by atoms with Crippen molar-refractivity contribution in [1.29, 1.82) is 0 Å². The molecule has 10 aromatic rings. The van der Waals surface area contributed by atoms with Crippen LogP contribution in [0.2, 0.25) is 0 Å². The zero-order chi connectivity index (χ0) is 31.6. The van der Waals surface area contributed by atoms with Gasteiger partial charge in [-0.25, -0.2) is 4.98 Å². The lowest BCUT2D eigenvalue weighted by Gasteiger charge is -2.12. The average Bonchev–Trinajstić information content (AvgIpc) is 3.68. The van der Waals surface area contributed by atoms with Gasteiger partial charge in [0.15, 0.2) is 11.6 Å². The average molecular weight is 614 g/mol. The zero-order valence-corrected chi connectivity index (χ0v) is 25.8. The van der Waals surface area contributed by atoms with Gasteiger partial charge >= 0.3 is 0 Å². The smallest absolute Gasteiger partial charge is 0.238 e. The Bertz CT molecular complexity index is 2830. The SMILES string of the molecule is c1ccc(-c2nc(-c3cccc4ccccc34)nc(-n3c4ccccc4c4c5c6ccccc6n(-c6ccccc6)c5ccc43)n2)cc1. The largest absolute Gasteiger partial charge is 0.309 e. The van der Waals surface area contributed by atoms with Crippen LogP contribution in [-0.4, -0.2) is 24.1 Å². The van der Waals surface area contributed by atoms with Crippen molar-refractivity contribution in [1.82, 2.24) is 24.1 Å². The molecule has 3 aromatic heterocycles. The molecular weight excluding hydrogens is 587 g/mol. The molecule has 0 amide bonds. The fraction of sp³-hybridized carbons (Fsp3) is 0. The van der Waals surface area contributed by atoms with Crippen LogP contribution in [0.5, 0.6) is 0 Å². The fourth-order valence-corrected chi connectivity index (χ4v) is 7.31. The lowest BCUT2D eigenvalue weighted by atomic mass is 10.0. The summed E-state index contributed by atoms with van der Waals surface area (Å²) in [5.74, 6) is 1.86. The van der Waals surface area contributed by atoms with Crippen molar-refractivity contribution >= 4 is 54.4 Å². The molecule has 0 unspecified atom stereocenters. The molecule has 0 aliphatic heterocycles. The highest BCUT2D eigenvalue weighted by molar-refractivity contribution is 6.28. The van der Waals surface area contributed by atoms with Gasteiger partial charge in [0, 0.05) is 38.4 Å². The van der Waals surface area contributed by atoms with Crippen molar-refractivity contribution in [3.8, 4) is 34.4 Å². The maximum absolute atomic E-state index is 5.25. The maximum atomic E-state index is 5.25. The van der Waals surface area contributed by atoms with Crippen LogP contribution in [0.3, 0.4) is 0 Å². The van der Waals surface area contributed by atoms with Crippen LogP contribution < -0.4 is 0 Å². The highest BCUT2D eigenvalue weighted by Crippen LogP contribution is 2.42. The second-order valence-corrected chi connectivity index (χ2v) is 12.1. The van der Waals surface area contributed by atoms with Crippen molar-refractivity contribution in [2.24, 2.45) is 0 Å². The predicted octanol–water partition coefficient (Wildman–Crippen LogP) is 10.6. The summed E-state index contributed by atoms with van der Waals surface area (Å²) in [6.07, 6.45) is 0. The third-order valence-corrected chi connectivity index (χ3v) is 9.37. The minimum absolute atomic E-state index is 0.587. The van der Waals surface area contributed by atoms with Crippen molar-refractivity contribution in [2.75, 3.05) is 0 Å². The van der Waals surface area contributed by atoms with Crippen LogP contribution in [0, 0.1) is 0 Å². The van der Waals surface area contributed by atoms with Gasteiger partial charge in [-0.05, 0) is 47.2 Å². The van der Waals surface area contributed by atoms with E-state index in [2.05, 4.69) is 155 Å². The van der Waals surface area contributed by atoms with Crippen LogP contribution in [0.25, 0.3) is 88.8 Å². The normalized spacial score (nSPS) is 11.8. The molecule has 3 heterocycles. The lowest BCUT2D eigenvalue weighted by molar-refractivity contribution is 0.954. The first-order valence-electron chi connectivity index (χ1n) is 16.1. The molecule has 224 valence electrons. The Hall–Kier alpha value is -6.59. The Morgan fingerprint density at radius 2 is 0.896 bits per heavy atom. The zero-order valence-electron chi connectivity index (χ0n) is 25.8. The van der Waals surface area contributed by atoms with E-state index in [4.69, 9.17) is 15.0 Å². The Morgan fingerprint density at radius 1 is 0.354 bits per heavy atom. The van der Waals surface area contributed by atoms with Gasteiger partial charge in [0.1, 0.15) is 0 Å². The summed E-state index contributed by atoms with van der Waals surface area (Å²) in [5, 5.41) is 7.02. The third kappa shape index (κ3) is 3.94. The number of hydrogen-bond donors (Lipinski definition) is 0. The molecule has 0 fully saturated rings. The predicted molar refractivity (Wildman–Crippen MR) is 197 cm³/mol. The number of aromatic nitrogens is 5. The van der Waals surface area contributed by atoms with E-state index in [1.165, 1.54) is 21.7 Å². The molecule has 48 heavy (non-hydrogen) atoms. The first kappa shape index (κ1) is 26.6. The van der Waals surface area contributed by atoms with Gasteiger partial charge in [-0.1, -0.05) is 127 Å². The standard InChI is InChI=1S/C43H27N5/c1-3-15-29(16-4-1)41-44-42(32-23-13-17-28-14-7-8-20-31(28)32)46-43(45-41)48-36-25-12-10-22-34(36)40-38(48)27-26-37-39(40)33-21-9-11-24-35(33)47(37)30-18-5-2-6-19-30/h1-27H. The highest BCUT2D eigenvalue weighted by atomic mass is 15.2. The van der Waals surface area contributed by atoms with Crippen LogP contribution in [0.4, 0.5) is 0 Å². The monoisotopic (exact) mass is 613 g/mol. The molecule has 0 aliphatic carbocycles. The lowest BCUT2D eigenvalue weighted by Crippen LogP contribution is -2.06. The Labute approximate surface area is 276 Å². The quantitative estimate of drug-likeness (QED) is 0.198. The van der Waals surface area contributed by atoms with Crippen LogP contribution in [0.15, 0.2) is 164 Å². The second kappa shape index (κ2) is 10.5. The first-order chi connectivity index (χ1) is 23.8. The van der Waals surface area contributed by atoms with Crippen molar-refractivity contribution in [3.05, 3.63) is 164 Å². The summed E-state index contributed by atoms with van der Waals surface area (Å²) < 4.78 is 4.58. The number of nitrogens with zero attached hydrogens (tertiary/aromatic N) is 5. The highest BCUT2D eigenvalue weighted by Gasteiger charge is 2.22. The van der Waals surface area contributed by atoms with Gasteiger partial charge in [0.05, 0.1) is 22.1 Å². The van der Waals surface area contributed by atoms with E-state index in [0.29, 0.717) is 17.6 Å². The number of benzene rings is 7. The van der Waals surface area contributed by atoms with Crippen molar-refractivity contribution in [3.63, 3.8) is 0 Å². The van der Waals surface area contributed by atoms with Crippen molar-refractivity contribution < 1.29 is 0 Å². The molecule has 0 atom stereocenters. The minimum Gasteiger partial charge on any atom is -0.309 e. The van der Waals surface area contributed by atoms with Gasteiger partial charge in [0.2, 0.25) is 5.95 Å². The molecule has 7 aromatic carbocycles. The van der Waals surface area contributed by atoms with Gasteiger partial charge in [0.25, 0.3) is 0 Å². The maximum Gasteiger partial charge on any atom is 0.238 e. The van der Waals surface area contributed by atoms with Crippen molar-refractivity contribution in [2.45, 2.75) is 0 Å². The molecule has 0 bridgehead atoms. The van der Waals surface area contributed by atoms with Gasteiger partial charge in [-0.2, -0.15) is 9.97 Å². The molecule has 0 aliphatic rings. The van der Waals surface area contributed by atoms with Crippen LogP contribution in [-0.2, 0) is 0 Å². The molecule has 0 radical (unpaired) electrons. The number of fused-ring (bicyclic) bond motifs is 8. The summed E-state index contributed by atoms with van der Waals surface area (Å²) in [4.78, 5) is 15.5. The molecule has 0 saturated heterocycles. The first-order valence-corrected chi connectivity index (χ1v) is 16.1. The van der Waals surface area contributed by atoms with E-state index in [1.54, 1.807) is 0 Å². The molecule has 0 N–H and O–H groups in total. The fourth-order valence-electron chi connectivity index (χ4n) is 7.31. The summed E-state index contributed by atoms with van der Waals surface area (Å²) in [6.45, 7) is 0. The topological polar surface area (TPSA) is 48.5 Å². The van der Waals surface area contributed by atoms with Gasteiger partial charge < -0.3 is 4.57 Å². The Morgan fingerprint density at radius 3 is 1.62 bits per heavy atom. The Kier molecular flexibility index (Phi) is 5.81. The second-order valence-electron chi connectivity index (χ2n) is 12.1. The summed E-state index contributed by atoms with van der Waals surface area (Å²) in [7, 11) is 0. The van der Waals surface area contributed by atoms with E-state index in [9.17, 15) is 0 Å². The van der Waals surface area contributed by atoms with Crippen LogP contribution >= 0.6 is 0 Å². The van der Waals surface area contributed by atoms with Gasteiger partial charge in [-0.15, -0.1) is 0 Å². The number of rotatable bonds is 4. The van der Waals surface area contributed by atoms with E-state index < -0.39 is 0 Å². The van der Waals surface area contributed by atoms with E-state index in [1.807, 2.05) is 18.2 Å². The molecule has 5 nitrogen and oxygen atoms in total. The van der Waals surface area contributed by atoms with E-state index in [0.717, 1.165) is 49.5 Å². The van der Waals surface area contributed by atoms with Crippen LogP contribution in [0.1, 0.15) is 0 Å². The molecule has 10 rings (SSSR count). The molecule has 5 heteroatoms. The van der Waals surface area contributed by atoms with E-state index in [-0.39, 0.29) is 0 Å². The minimum atomic E-state index is 0.587. The molecular formula is C43H27N5. The summed E-state index contributed by atoms with van der Waals surface area (Å²) in [5.41, 5.74) is 7.48. The summed E-state index contributed by atoms with van der Waals surface area (Å²) in [6, 6.07) is 57.2. The third-order valence-electron chi connectivity index (χ3n) is 9.37. The Balaban J connectivity index is 1.33. The van der Waals surface area contributed by atoms with Gasteiger partial charge in [-0.3, -0.25) is 4.57 Å². The number of hydrogen-bond acceptors (Lipinski definition) is 3.